The van der Waals surface area contributed by atoms with Crippen LogP contribution in [0, 0.1) is 0 Å². The summed E-state index contributed by atoms with van der Waals surface area (Å²) in [5.41, 5.74) is 1.36. The largest absolute Gasteiger partial charge is 0.356 e. The summed E-state index contributed by atoms with van der Waals surface area (Å²) in [5.74, 6) is 0.221. The molecule has 3 heteroatoms. The minimum Gasteiger partial charge on any atom is -0.356 e. The summed E-state index contributed by atoms with van der Waals surface area (Å²) in [6.07, 6.45) is 9.27. The molecule has 0 aliphatic carbocycles. The molecule has 1 fully saturated rings. The number of carbonyl (C=O) groups is 1. The van der Waals surface area contributed by atoms with Gasteiger partial charge < -0.3 is 5.32 Å². The highest BCUT2D eigenvalue weighted by molar-refractivity contribution is 5.76. The average Bonchev–Trinajstić information content (AvgIpc) is 2.59. The Morgan fingerprint density at radius 1 is 1.17 bits per heavy atom. The molecule has 0 radical (unpaired) electrons. The third-order valence-electron chi connectivity index (χ3n) is 5.23. The molecule has 1 saturated heterocycles. The summed E-state index contributed by atoms with van der Waals surface area (Å²) in [4.78, 5) is 14.7. The van der Waals surface area contributed by atoms with Crippen LogP contribution in [0.3, 0.4) is 0 Å². The van der Waals surface area contributed by atoms with E-state index in [-0.39, 0.29) is 5.91 Å². The van der Waals surface area contributed by atoms with Gasteiger partial charge in [-0.2, -0.15) is 0 Å². The first-order chi connectivity index (χ1) is 11.7. The van der Waals surface area contributed by atoms with Crippen molar-refractivity contribution in [3.05, 3.63) is 35.9 Å². The van der Waals surface area contributed by atoms with E-state index in [4.69, 9.17) is 0 Å². The smallest absolute Gasteiger partial charge is 0.221 e. The monoisotopic (exact) mass is 330 g/mol. The summed E-state index contributed by atoms with van der Waals surface area (Å²) in [7, 11) is 0. The first kappa shape index (κ1) is 19.0. The van der Waals surface area contributed by atoms with Crippen LogP contribution in [-0.2, 0) is 4.79 Å². The highest BCUT2D eigenvalue weighted by Crippen LogP contribution is 2.27. The summed E-state index contributed by atoms with van der Waals surface area (Å²) in [5, 5.41) is 3.06. The van der Waals surface area contributed by atoms with Gasteiger partial charge in [-0.15, -0.1) is 0 Å². The van der Waals surface area contributed by atoms with Crippen LogP contribution in [0.5, 0.6) is 0 Å². The zero-order chi connectivity index (χ0) is 17.2. The summed E-state index contributed by atoms with van der Waals surface area (Å²) in [6.45, 7) is 6.41. The van der Waals surface area contributed by atoms with Crippen LogP contribution in [0.25, 0.3) is 0 Å². The van der Waals surface area contributed by atoms with Gasteiger partial charge in [-0.3, -0.25) is 9.69 Å². The maximum absolute atomic E-state index is 12.1. The summed E-state index contributed by atoms with van der Waals surface area (Å²) >= 11 is 0. The fourth-order valence-electron chi connectivity index (χ4n) is 3.76. The molecule has 0 saturated carbocycles. The van der Waals surface area contributed by atoms with Gasteiger partial charge in [0.2, 0.25) is 5.91 Å². The molecule has 2 rings (SSSR count). The van der Waals surface area contributed by atoms with Crippen LogP contribution in [0.1, 0.15) is 76.8 Å². The van der Waals surface area contributed by atoms with Gasteiger partial charge >= 0.3 is 0 Å². The van der Waals surface area contributed by atoms with E-state index in [0.29, 0.717) is 18.5 Å². The van der Waals surface area contributed by atoms with Crippen molar-refractivity contribution in [2.75, 3.05) is 13.1 Å². The second-order valence-corrected chi connectivity index (χ2v) is 7.09. The Morgan fingerprint density at radius 3 is 2.67 bits per heavy atom. The highest BCUT2D eigenvalue weighted by atomic mass is 16.1. The number of carbonyl (C=O) groups excluding carboxylic acids is 1. The molecule has 24 heavy (non-hydrogen) atoms. The number of unbranched alkanes of at least 4 members (excludes halogenated alkanes) is 4. The number of nitrogens with zero attached hydrogens (tertiary/aromatic N) is 1. The molecule has 1 amide bonds. The van der Waals surface area contributed by atoms with Gasteiger partial charge in [0.25, 0.3) is 0 Å². The second-order valence-electron chi connectivity index (χ2n) is 7.09. The van der Waals surface area contributed by atoms with Gasteiger partial charge in [0.1, 0.15) is 0 Å². The molecule has 1 aliphatic heterocycles. The third kappa shape index (κ3) is 5.94. The van der Waals surface area contributed by atoms with Gasteiger partial charge in [-0.25, -0.2) is 0 Å². The molecule has 2 atom stereocenters. The Bertz CT molecular complexity index is 474. The Morgan fingerprint density at radius 2 is 1.92 bits per heavy atom. The molecule has 0 aromatic heterocycles. The first-order valence-corrected chi connectivity index (χ1v) is 9.79. The molecular weight excluding hydrogens is 296 g/mol. The standard InChI is InChI=1S/C21H34N2O/c1-3-4-5-6-10-14-20-17-21(24)22-15-11-16-23(20)18(2)19-12-8-7-9-13-19/h7-9,12-13,18,20H,3-6,10-11,14-17H2,1-2H3,(H,22,24)/t18-,20-/m0/s1. The molecule has 1 aliphatic rings. The van der Waals surface area contributed by atoms with E-state index in [1.165, 1.54) is 37.7 Å². The lowest BCUT2D eigenvalue weighted by molar-refractivity contribution is -0.123. The minimum absolute atomic E-state index is 0.221. The predicted molar refractivity (Wildman–Crippen MR) is 101 cm³/mol. The van der Waals surface area contributed by atoms with E-state index in [1.807, 2.05) is 0 Å². The van der Waals surface area contributed by atoms with Crippen LogP contribution in [-0.4, -0.2) is 29.9 Å². The quantitative estimate of drug-likeness (QED) is 0.701. The summed E-state index contributed by atoms with van der Waals surface area (Å²) < 4.78 is 0. The van der Waals surface area contributed by atoms with Crippen molar-refractivity contribution in [2.24, 2.45) is 0 Å². The van der Waals surface area contributed by atoms with E-state index < -0.39 is 0 Å². The lowest BCUT2D eigenvalue weighted by atomic mass is 9.97. The Labute approximate surface area is 147 Å². The van der Waals surface area contributed by atoms with Crippen molar-refractivity contribution in [1.82, 2.24) is 10.2 Å². The molecule has 134 valence electrons. The fraction of sp³-hybridized carbons (Fsp3) is 0.667. The molecule has 0 bridgehead atoms. The molecule has 3 nitrogen and oxygen atoms in total. The molecular formula is C21H34N2O. The van der Waals surface area contributed by atoms with Crippen LogP contribution in [0.15, 0.2) is 30.3 Å². The molecule has 1 aromatic rings. The zero-order valence-corrected chi connectivity index (χ0v) is 15.5. The fourth-order valence-corrected chi connectivity index (χ4v) is 3.76. The van der Waals surface area contributed by atoms with E-state index in [9.17, 15) is 4.79 Å². The third-order valence-corrected chi connectivity index (χ3v) is 5.23. The first-order valence-electron chi connectivity index (χ1n) is 9.79. The zero-order valence-electron chi connectivity index (χ0n) is 15.5. The lowest BCUT2D eigenvalue weighted by Gasteiger charge is -2.38. The van der Waals surface area contributed by atoms with Crippen molar-refractivity contribution in [3.8, 4) is 0 Å². The number of hydrogen-bond acceptors (Lipinski definition) is 2. The molecule has 0 spiro atoms. The van der Waals surface area contributed by atoms with Gasteiger partial charge in [-0.05, 0) is 25.3 Å². The summed E-state index contributed by atoms with van der Waals surface area (Å²) in [6, 6.07) is 11.5. The molecule has 1 heterocycles. The van der Waals surface area contributed by atoms with E-state index in [0.717, 1.165) is 25.9 Å². The number of hydrogen-bond donors (Lipinski definition) is 1. The van der Waals surface area contributed by atoms with Gasteiger partial charge in [0.15, 0.2) is 0 Å². The normalized spacial score (nSPS) is 20.9. The molecule has 1 aromatic carbocycles. The molecule has 0 unspecified atom stereocenters. The van der Waals surface area contributed by atoms with Gasteiger partial charge in [0.05, 0.1) is 0 Å². The maximum atomic E-state index is 12.1. The van der Waals surface area contributed by atoms with Gasteiger partial charge in [-0.1, -0.05) is 69.4 Å². The van der Waals surface area contributed by atoms with Crippen molar-refractivity contribution < 1.29 is 4.79 Å². The lowest BCUT2D eigenvalue weighted by Crippen LogP contribution is -2.45. The number of rotatable bonds is 8. The number of amides is 1. The minimum atomic E-state index is 0.221. The Hall–Kier alpha value is -1.35. The van der Waals surface area contributed by atoms with Crippen molar-refractivity contribution in [1.29, 1.82) is 0 Å². The Kier molecular flexibility index (Phi) is 8.31. The average molecular weight is 331 g/mol. The van der Waals surface area contributed by atoms with Crippen molar-refractivity contribution in [3.63, 3.8) is 0 Å². The maximum Gasteiger partial charge on any atom is 0.221 e. The molecule has 1 N–H and O–H groups in total. The van der Waals surface area contributed by atoms with E-state index in [2.05, 4.69) is 54.4 Å². The van der Waals surface area contributed by atoms with Crippen LogP contribution in [0.4, 0.5) is 0 Å². The van der Waals surface area contributed by atoms with E-state index >= 15 is 0 Å². The van der Waals surface area contributed by atoms with Crippen LogP contribution < -0.4 is 5.32 Å². The SMILES string of the molecule is CCCCCCC[C@H]1CC(=O)NCCCN1[C@@H](C)c1ccccc1. The second kappa shape index (κ2) is 10.5. The topological polar surface area (TPSA) is 32.3 Å². The van der Waals surface area contributed by atoms with Crippen molar-refractivity contribution >= 4 is 5.91 Å². The Balaban J connectivity index is 2.02. The van der Waals surface area contributed by atoms with Crippen molar-refractivity contribution in [2.45, 2.75) is 77.3 Å². The highest BCUT2D eigenvalue weighted by Gasteiger charge is 2.27. The predicted octanol–water partition coefficient (Wildman–Crippen LogP) is 4.69. The number of nitrogens with one attached hydrogen (secondary N) is 1. The van der Waals surface area contributed by atoms with Crippen LogP contribution >= 0.6 is 0 Å². The van der Waals surface area contributed by atoms with E-state index in [1.54, 1.807) is 0 Å². The van der Waals surface area contributed by atoms with Crippen LogP contribution in [0.2, 0.25) is 0 Å². The van der Waals surface area contributed by atoms with Gasteiger partial charge in [0, 0.05) is 31.6 Å². The number of benzene rings is 1.